The zero-order valence-electron chi connectivity index (χ0n) is 22.7. The maximum Gasteiger partial charge on any atom is 0.240 e. The summed E-state index contributed by atoms with van der Waals surface area (Å²) in [6.45, 7) is 7.97. The standard InChI is InChI=1S/C30H47NO4S/c1-5-35-19-30(32)17-15-23-21(18-30)10-11-25-24(23)14-16-29(3)26(12-13-27(25)29)20(2)22-8-6-7-9-28(22)36(33,34)31-4/h6-9,20-21,23-27,31-32H,5,10-19H2,1-4H3/t20-,21+,23-,24+,25+,26-,27-,29+,30+/m0/s1. The summed E-state index contributed by atoms with van der Waals surface area (Å²) in [5.41, 5.74) is 0.627. The lowest BCUT2D eigenvalue weighted by Gasteiger charge is -2.57. The summed E-state index contributed by atoms with van der Waals surface area (Å²) < 4.78 is 33.8. The number of benzene rings is 1. The molecule has 0 amide bonds. The molecule has 202 valence electrons. The van der Waals surface area contributed by atoms with Gasteiger partial charge in [-0.2, -0.15) is 0 Å². The van der Waals surface area contributed by atoms with Crippen molar-refractivity contribution in [2.75, 3.05) is 20.3 Å². The third-order valence-electron chi connectivity index (χ3n) is 11.3. The zero-order chi connectivity index (χ0) is 25.7. The van der Waals surface area contributed by atoms with E-state index < -0.39 is 15.6 Å². The third-order valence-corrected chi connectivity index (χ3v) is 12.8. The summed E-state index contributed by atoms with van der Waals surface area (Å²) in [6.07, 6.45) is 10.5. The van der Waals surface area contributed by atoms with Crippen LogP contribution in [-0.2, 0) is 14.8 Å². The number of sulfonamides is 1. The Balaban J connectivity index is 1.34. The van der Waals surface area contributed by atoms with Crippen molar-refractivity contribution in [2.24, 2.45) is 40.9 Å². The van der Waals surface area contributed by atoms with Gasteiger partial charge in [0.25, 0.3) is 0 Å². The van der Waals surface area contributed by atoms with E-state index in [-0.39, 0.29) is 11.3 Å². The molecule has 2 N–H and O–H groups in total. The number of ether oxygens (including phenoxy) is 1. The minimum absolute atomic E-state index is 0.218. The van der Waals surface area contributed by atoms with E-state index in [0.717, 1.165) is 48.5 Å². The summed E-state index contributed by atoms with van der Waals surface area (Å²) in [4.78, 5) is 0.447. The number of nitrogens with one attached hydrogen (secondary N) is 1. The Morgan fingerprint density at radius 3 is 2.56 bits per heavy atom. The molecule has 0 radical (unpaired) electrons. The molecule has 0 aliphatic heterocycles. The molecule has 0 unspecified atom stereocenters. The Kier molecular flexibility index (Phi) is 7.39. The lowest BCUT2D eigenvalue weighted by atomic mass is 9.48. The van der Waals surface area contributed by atoms with Crippen molar-refractivity contribution in [3.63, 3.8) is 0 Å². The Morgan fingerprint density at radius 1 is 1.06 bits per heavy atom. The van der Waals surface area contributed by atoms with Crippen LogP contribution in [0.1, 0.15) is 90.0 Å². The van der Waals surface area contributed by atoms with Crippen molar-refractivity contribution in [3.05, 3.63) is 29.8 Å². The van der Waals surface area contributed by atoms with E-state index in [0.29, 0.717) is 29.9 Å². The minimum Gasteiger partial charge on any atom is -0.387 e. The molecule has 1 aromatic carbocycles. The van der Waals surface area contributed by atoms with Gasteiger partial charge in [0.15, 0.2) is 0 Å². The Morgan fingerprint density at radius 2 is 1.81 bits per heavy atom. The van der Waals surface area contributed by atoms with E-state index in [9.17, 15) is 13.5 Å². The average Bonchev–Trinajstić information content (AvgIpc) is 3.24. The van der Waals surface area contributed by atoms with E-state index in [4.69, 9.17) is 4.74 Å². The Hall–Kier alpha value is -0.950. The first-order valence-electron chi connectivity index (χ1n) is 14.5. The number of aliphatic hydroxyl groups is 1. The maximum absolute atomic E-state index is 12.8. The van der Waals surface area contributed by atoms with Gasteiger partial charge >= 0.3 is 0 Å². The van der Waals surface area contributed by atoms with Crippen LogP contribution >= 0.6 is 0 Å². The van der Waals surface area contributed by atoms with Gasteiger partial charge in [-0.15, -0.1) is 0 Å². The predicted octanol–water partition coefficient (Wildman–Crippen LogP) is 5.73. The van der Waals surface area contributed by atoms with Crippen LogP contribution in [0, 0.1) is 40.9 Å². The van der Waals surface area contributed by atoms with E-state index in [1.807, 2.05) is 25.1 Å². The highest BCUT2D eigenvalue weighted by Gasteiger charge is 2.58. The normalized spacial score (nSPS) is 41.2. The molecule has 6 heteroatoms. The summed E-state index contributed by atoms with van der Waals surface area (Å²) in [6, 6.07) is 7.63. The van der Waals surface area contributed by atoms with Gasteiger partial charge in [-0.05, 0) is 130 Å². The highest BCUT2D eigenvalue weighted by Crippen LogP contribution is 2.66. The van der Waals surface area contributed by atoms with Crippen molar-refractivity contribution in [2.45, 2.75) is 95.0 Å². The molecule has 0 bridgehead atoms. The predicted molar refractivity (Wildman–Crippen MR) is 143 cm³/mol. The second-order valence-electron chi connectivity index (χ2n) is 12.8. The van der Waals surface area contributed by atoms with Gasteiger partial charge in [0.2, 0.25) is 10.0 Å². The van der Waals surface area contributed by atoms with Gasteiger partial charge in [-0.25, -0.2) is 13.1 Å². The van der Waals surface area contributed by atoms with Crippen LogP contribution < -0.4 is 4.72 Å². The molecular weight excluding hydrogens is 470 g/mol. The Labute approximate surface area is 218 Å². The van der Waals surface area contributed by atoms with E-state index in [1.54, 1.807) is 6.07 Å². The second kappa shape index (κ2) is 9.98. The van der Waals surface area contributed by atoms with Crippen molar-refractivity contribution < 1.29 is 18.3 Å². The average molecular weight is 518 g/mol. The SMILES string of the molecule is CCOC[C@@]1(O)CC[C@H]2[C@H](CC[C@@H]3[C@@H]2CC[C@@]2(C)[C@H]3CC[C@H]2[C@@H](C)c2ccccc2S(=O)(=O)NC)C1. The molecule has 4 aliphatic rings. The minimum atomic E-state index is -3.48. The molecule has 1 aromatic rings. The topological polar surface area (TPSA) is 75.6 Å². The molecule has 9 atom stereocenters. The molecule has 5 nitrogen and oxygen atoms in total. The van der Waals surface area contributed by atoms with Crippen molar-refractivity contribution >= 4 is 10.0 Å². The number of hydrogen-bond acceptors (Lipinski definition) is 4. The monoisotopic (exact) mass is 517 g/mol. The van der Waals surface area contributed by atoms with Crippen LogP contribution in [0.3, 0.4) is 0 Å². The lowest BCUT2D eigenvalue weighted by molar-refractivity contribution is -0.128. The molecule has 5 rings (SSSR count). The Bertz CT molecular complexity index is 1040. The van der Waals surface area contributed by atoms with Gasteiger partial charge in [0, 0.05) is 6.61 Å². The number of fused-ring (bicyclic) bond motifs is 5. The smallest absolute Gasteiger partial charge is 0.240 e. The van der Waals surface area contributed by atoms with E-state index in [2.05, 4.69) is 18.6 Å². The van der Waals surface area contributed by atoms with Crippen LogP contribution in [-0.4, -0.2) is 39.4 Å². The molecule has 0 aromatic heterocycles. The van der Waals surface area contributed by atoms with Gasteiger partial charge in [-0.3, -0.25) is 0 Å². The molecule has 4 fully saturated rings. The van der Waals surface area contributed by atoms with Crippen molar-refractivity contribution in [1.29, 1.82) is 0 Å². The van der Waals surface area contributed by atoms with Crippen molar-refractivity contribution in [3.8, 4) is 0 Å². The van der Waals surface area contributed by atoms with Crippen LogP contribution in [0.25, 0.3) is 0 Å². The fourth-order valence-corrected chi connectivity index (χ4v) is 10.7. The molecule has 0 spiro atoms. The fourth-order valence-electron chi connectivity index (χ4n) is 9.68. The fraction of sp³-hybridized carbons (Fsp3) is 0.800. The molecule has 0 saturated heterocycles. The molecular formula is C30H47NO4S. The molecule has 4 aliphatic carbocycles. The van der Waals surface area contributed by atoms with Crippen LogP contribution in [0.4, 0.5) is 0 Å². The van der Waals surface area contributed by atoms with Gasteiger partial charge in [0.05, 0.1) is 17.1 Å². The first-order valence-corrected chi connectivity index (χ1v) is 15.9. The highest BCUT2D eigenvalue weighted by atomic mass is 32.2. The third kappa shape index (κ3) is 4.48. The first-order chi connectivity index (χ1) is 17.1. The van der Waals surface area contributed by atoms with Crippen LogP contribution in [0.5, 0.6) is 0 Å². The molecule has 4 saturated carbocycles. The number of rotatable bonds is 7. The summed E-state index contributed by atoms with van der Waals surface area (Å²) in [7, 11) is -1.98. The maximum atomic E-state index is 12.8. The molecule has 0 heterocycles. The lowest BCUT2D eigenvalue weighted by Crippen LogP contribution is -2.52. The quantitative estimate of drug-likeness (QED) is 0.484. The highest BCUT2D eigenvalue weighted by molar-refractivity contribution is 7.89. The largest absolute Gasteiger partial charge is 0.387 e. The van der Waals surface area contributed by atoms with E-state index >= 15 is 0 Å². The van der Waals surface area contributed by atoms with Gasteiger partial charge in [0.1, 0.15) is 0 Å². The summed E-state index contributed by atoms with van der Waals surface area (Å²) >= 11 is 0. The zero-order valence-corrected chi connectivity index (χ0v) is 23.5. The van der Waals surface area contributed by atoms with Gasteiger partial charge < -0.3 is 9.84 Å². The van der Waals surface area contributed by atoms with Crippen LogP contribution in [0.15, 0.2) is 29.2 Å². The van der Waals surface area contributed by atoms with Crippen LogP contribution in [0.2, 0.25) is 0 Å². The van der Waals surface area contributed by atoms with E-state index in [1.165, 1.54) is 45.6 Å². The van der Waals surface area contributed by atoms with Gasteiger partial charge in [-0.1, -0.05) is 32.0 Å². The second-order valence-corrected chi connectivity index (χ2v) is 14.7. The first kappa shape index (κ1) is 26.6. The summed E-state index contributed by atoms with van der Waals surface area (Å²) in [5, 5.41) is 11.2. The van der Waals surface area contributed by atoms with Crippen molar-refractivity contribution in [1.82, 2.24) is 4.72 Å². The summed E-state index contributed by atoms with van der Waals surface area (Å²) in [5.74, 6) is 4.45. The molecule has 36 heavy (non-hydrogen) atoms. The number of hydrogen-bond donors (Lipinski definition) is 2.